The van der Waals surface area contributed by atoms with Gasteiger partial charge in [-0.3, -0.25) is 16.0 Å². The molecule has 1 saturated heterocycles. The second kappa shape index (κ2) is 5.60. The Bertz CT molecular complexity index is 538. The number of rotatable bonds is 5. The molecule has 0 amide bonds. The van der Waals surface area contributed by atoms with E-state index in [-0.39, 0.29) is 23.5 Å². The lowest BCUT2D eigenvalue weighted by molar-refractivity contribution is 0.376. The Morgan fingerprint density at radius 1 is 1.63 bits per heavy atom. The maximum Gasteiger partial charge on any atom is 0.150 e. The SMILES string of the molecule is CCn1nc(C)cc1CC(NN)C1CCS(=O)(=O)C1. The molecule has 0 bridgehead atoms. The van der Waals surface area contributed by atoms with Gasteiger partial charge in [0.25, 0.3) is 0 Å². The highest BCUT2D eigenvalue weighted by Gasteiger charge is 2.33. The average Bonchev–Trinajstić information content (AvgIpc) is 2.88. The third kappa shape index (κ3) is 3.34. The van der Waals surface area contributed by atoms with Gasteiger partial charge in [0, 0.05) is 24.7 Å². The number of aryl methyl sites for hydroxylation is 2. The van der Waals surface area contributed by atoms with E-state index in [0.29, 0.717) is 12.8 Å². The summed E-state index contributed by atoms with van der Waals surface area (Å²) in [5, 5.41) is 4.40. The molecule has 1 aliphatic rings. The van der Waals surface area contributed by atoms with E-state index in [4.69, 9.17) is 5.84 Å². The highest BCUT2D eigenvalue weighted by molar-refractivity contribution is 7.91. The van der Waals surface area contributed by atoms with Crippen molar-refractivity contribution in [3.63, 3.8) is 0 Å². The Labute approximate surface area is 114 Å². The molecule has 19 heavy (non-hydrogen) atoms. The third-order valence-electron chi connectivity index (χ3n) is 3.76. The van der Waals surface area contributed by atoms with Gasteiger partial charge in [-0.05, 0) is 32.3 Å². The molecule has 0 spiro atoms. The molecule has 0 radical (unpaired) electrons. The summed E-state index contributed by atoms with van der Waals surface area (Å²) in [7, 11) is -2.87. The second-order valence-electron chi connectivity index (χ2n) is 5.23. The van der Waals surface area contributed by atoms with Gasteiger partial charge in [-0.15, -0.1) is 0 Å². The van der Waals surface area contributed by atoms with Crippen molar-refractivity contribution in [3.8, 4) is 0 Å². The van der Waals surface area contributed by atoms with Gasteiger partial charge in [-0.2, -0.15) is 5.10 Å². The zero-order chi connectivity index (χ0) is 14.0. The van der Waals surface area contributed by atoms with Crippen LogP contribution in [0.4, 0.5) is 0 Å². The maximum absolute atomic E-state index is 11.6. The van der Waals surface area contributed by atoms with Crippen molar-refractivity contribution >= 4 is 9.84 Å². The monoisotopic (exact) mass is 286 g/mol. The van der Waals surface area contributed by atoms with Crippen molar-refractivity contribution in [1.82, 2.24) is 15.2 Å². The van der Waals surface area contributed by atoms with E-state index < -0.39 is 9.84 Å². The van der Waals surface area contributed by atoms with Crippen molar-refractivity contribution in [2.75, 3.05) is 11.5 Å². The Morgan fingerprint density at radius 3 is 2.89 bits per heavy atom. The lowest BCUT2D eigenvalue weighted by Gasteiger charge is -2.21. The van der Waals surface area contributed by atoms with Crippen LogP contribution in [-0.4, -0.2) is 35.7 Å². The summed E-state index contributed by atoms with van der Waals surface area (Å²) < 4.78 is 25.1. The summed E-state index contributed by atoms with van der Waals surface area (Å²) in [4.78, 5) is 0. The molecular weight excluding hydrogens is 264 g/mol. The summed E-state index contributed by atoms with van der Waals surface area (Å²) >= 11 is 0. The number of nitrogens with one attached hydrogen (secondary N) is 1. The van der Waals surface area contributed by atoms with Crippen LogP contribution in [-0.2, 0) is 22.8 Å². The molecule has 1 aliphatic heterocycles. The molecule has 0 aromatic carbocycles. The number of hydrazine groups is 1. The van der Waals surface area contributed by atoms with Crippen LogP contribution in [0.1, 0.15) is 24.7 Å². The second-order valence-corrected chi connectivity index (χ2v) is 7.46. The fourth-order valence-corrected chi connectivity index (χ4v) is 4.65. The molecule has 0 saturated carbocycles. The zero-order valence-corrected chi connectivity index (χ0v) is 12.3. The molecule has 7 heteroatoms. The minimum atomic E-state index is -2.87. The number of nitrogens with two attached hydrogens (primary N) is 1. The molecular formula is C12H22N4O2S. The molecule has 1 fully saturated rings. The smallest absolute Gasteiger partial charge is 0.150 e. The maximum atomic E-state index is 11.6. The van der Waals surface area contributed by atoms with E-state index in [2.05, 4.69) is 10.5 Å². The van der Waals surface area contributed by atoms with Crippen LogP contribution < -0.4 is 11.3 Å². The molecule has 3 N–H and O–H groups in total. The number of aromatic nitrogens is 2. The van der Waals surface area contributed by atoms with Crippen LogP contribution in [0.25, 0.3) is 0 Å². The van der Waals surface area contributed by atoms with Gasteiger partial charge in [-0.1, -0.05) is 0 Å². The van der Waals surface area contributed by atoms with E-state index in [1.165, 1.54) is 0 Å². The van der Waals surface area contributed by atoms with E-state index >= 15 is 0 Å². The molecule has 0 aliphatic carbocycles. The average molecular weight is 286 g/mol. The van der Waals surface area contributed by atoms with E-state index in [1.807, 2.05) is 24.6 Å². The summed E-state index contributed by atoms with van der Waals surface area (Å²) in [6.07, 6.45) is 1.40. The first kappa shape index (κ1) is 14.5. The van der Waals surface area contributed by atoms with E-state index in [1.54, 1.807) is 0 Å². The van der Waals surface area contributed by atoms with Gasteiger partial charge in [-0.25, -0.2) is 8.42 Å². The number of nitrogens with zero attached hydrogens (tertiary/aromatic N) is 2. The van der Waals surface area contributed by atoms with Gasteiger partial charge >= 0.3 is 0 Å². The van der Waals surface area contributed by atoms with Crippen LogP contribution in [0.3, 0.4) is 0 Å². The normalized spacial score (nSPS) is 23.6. The Balaban J connectivity index is 2.11. The third-order valence-corrected chi connectivity index (χ3v) is 5.56. The first-order valence-electron chi connectivity index (χ1n) is 6.65. The molecule has 2 rings (SSSR count). The van der Waals surface area contributed by atoms with Gasteiger partial charge in [0.05, 0.1) is 17.2 Å². The van der Waals surface area contributed by atoms with Crippen molar-refractivity contribution in [2.45, 2.75) is 39.3 Å². The molecule has 6 nitrogen and oxygen atoms in total. The standard InChI is InChI=1S/C12H22N4O2S/c1-3-16-11(6-9(2)15-16)7-12(14-13)10-4-5-19(17,18)8-10/h6,10,12,14H,3-5,7-8,13H2,1-2H3. The van der Waals surface area contributed by atoms with Crippen LogP contribution in [0, 0.1) is 12.8 Å². The van der Waals surface area contributed by atoms with Crippen LogP contribution in [0.15, 0.2) is 6.07 Å². The number of sulfone groups is 1. The Hall–Kier alpha value is -0.920. The van der Waals surface area contributed by atoms with Crippen molar-refractivity contribution in [2.24, 2.45) is 11.8 Å². The Morgan fingerprint density at radius 2 is 2.37 bits per heavy atom. The fourth-order valence-electron chi connectivity index (χ4n) is 2.77. The van der Waals surface area contributed by atoms with E-state index in [9.17, 15) is 8.42 Å². The molecule has 2 atom stereocenters. The minimum absolute atomic E-state index is 0.0151. The minimum Gasteiger partial charge on any atom is -0.271 e. The lowest BCUT2D eigenvalue weighted by atomic mass is 9.95. The van der Waals surface area contributed by atoms with Crippen LogP contribution >= 0.6 is 0 Å². The highest BCUT2D eigenvalue weighted by Crippen LogP contribution is 2.23. The highest BCUT2D eigenvalue weighted by atomic mass is 32.2. The van der Waals surface area contributed by atoms with Crippen molar-refractivity contribution in [3.05, 3.63) is 17.5 Å². The molecule has 1 aromatic rings. The topological polar surface area (TPSA) is 90.0 Å². The van der Waals surface area contributed by atoms with Gasteiger partial charge < -0.3 is 0 Å². The Kier molecular flexibility index (Phi) is 4.27. The quantitative estimate of drug-likeness (QED) is 0.588. The lowest BCUT2D eigenvalue weighted by Crippen LogP contribution is -2.43. The number of hydrogen-bond donors (Lipinski definition) is 2. The predicted molar refractivity (Wildman–Crippen MR) is 74.2 cm³/mol. The first-order valence-corrected chi connectivity index (χ1v) is 8.47. The fraction of sp³-hybridized carbons (Fsp3) is 0.750. The molecule has 2 heterocycles. The van der Waals surface area contributed by atoms with Gasteiger partial charge in [0.15, 0.2) is 9.84 Å². The zero-order valence-electron chi connectivity index (χ0n) is 11.5. The first-order chi connectivity index (χ1) is 8.95. The summed E-state index contributed by atoms with van der Waals surface area (Å²) in [5.74, 6) is 6.22. The molecule has 1 aromatic heterocycles. The summed E-state index contributed by atoms with van der Waals surface area (Å²) in [6.45, 7) is 4.81. The largest absolute Gasteiger partial charge is 0.271 e. The van der Waals surface area contributed by atoms with Crippen LogP contribution in [0.2, 0.25) is 0 Å². The summed E-state index contributed by atoms with van der Waals surface area (Å²) in [5.41, 5.74) is 4.87. The van der Waals surface area contributed by atoms with Gasteiger partial charge in [0.1, 0.15) is 0 Å². The predicted octanol–water partition coefficient (Wildman–Crippen LogP) is 0.0205. The van der Waals surface area contributed by atoms with Crippen molar-refractivity contribution in [1.29, 1.82) is 0 Å². The molecule has 2 unspecified atom stereocenters. The van der Waals surface area contributed by atoms with Crippen molar-refractivity contribution < 1.29 is 8.42 Å². The molecule has 108 valence electrons. The van der Waals surface area contributed by atoms with Gasteiger partial charge in [0.2, 0.25) is 0 Å². The van der Waals surface area contributed by atoms with E-state index in [0.717, 1.165) is 17.9 Å². The van der Waals surface area contributed by atoms with Crippen LogP contribution in [0.5, 0.6) is 0 Å². The summed E-state index contributed by atoms with van der Waals surface area (Å²) in [6, 6.07) is 2.02. The number of hydrogen-bond acceptors (Lipinski definition) is 5.